The van der Waals surface area contributed by atoms with Gasteiger partial charge in [-0.15, -0.1) is 0 Å². The van der Waals surface area contributed by atoms with Crippen LogP contribution in [-0.4, -0.2) is 29.0 Å². The van der Waals surface area contributed by atoms with Gasteiger partial charge in [0.15, 0.2) is 0 Å². The van der Waals surface area contributed by atoms with Crippen LogP contribution in [0.25, 0.3) is 0 Å². The fraction of sp³-hybridized carbons (Fsp3) is 0.962. The van der Waals surface area contributed by atoms with Crippen LogP contribution in [0.1, 0.15) is 98.3 Å². The highest BCUT2D eigenvalue weighted by Gasteiger charge is 2.65. The maximum absolute atomic E-state index is 11.9. The summed E-state index contributed by atoms with van der Waals surface area (Å²) < 4.78 is 0. The SMILES string of the molecule is C[C@H](CCC(=O)NCO)[C@H]1CC[C@H]2[C@]3(C)CC[C@@H]4C[C@H](O)CC[C@]4(C)[C@H]3CC[C@@]21C. The Morgan fingerprint density at radius 3 is 2.37 bits per heavy atom. The molecule has 0 aromatic rings. The highest BCUT2D eigenvalue weighted by molar-refractivity contribution is 5.75. The van der Waals surface area contributed by atoms with Gasteiger partial charge in [0.05, 0.1) is 6.10 Å². The monoisotopic (exact) mass is 419 g/mol. The molecular formula is C26H45NO3. The Morgan fingerprint density at radius 2 is 1.63 bits per heavy atom. The third-order valence-corrected chi connectivity index (χ3v) is 11.1. The molecule has 9 atom stereocenters. The maximum atomic E-state index is 11.9. The maximum Gasteiger partial charge on any atom is 0.221 e. The lowest BCUT2D eigenvalue weighted by molar-refractivity contribution is -0.176. The number of nitrogens with one attached hydrogen (secondary N) is 1. The van der Waals surface area contributed by atoms with Crippen LogP contribution in [0.15, 0.2) is 0 Å². The highest BCUT2D eigenvalue weighted by Crippen LogP contribution is 2.73. The minimum atomic E-state index is -0.257. The molecule has 4 fully saturated rings. The molecule has 0 unspecified atom stereocenters. The second-order valence-electron chi connectivity index (χ2n) is 12.3. The summed E-state index contributed by atoms with van der Waals surface area (Å²) in [6, 6.07) is 0. The summed E-state index contributed by atoms with van der Waals surface area (Å²) in [4.78, 5) is 11.9. The van der Waals surface area contributed by atoms with Gasteiger partial charge in [0.1, 0.15) is 6.73 Å². The van der Waals surface area contributed by atoms with E-state index in [-0.39, 0.29) is 18.7 Å². The molecule has 0 saturated heterocycles. The fourth-order valence-electron chi connectivity index (χ4n) is 9.63. The Morgan fingerprint density at radius 1 is 0.967 bits per heavy atom. The molecule has 0 radical (unpaired) electrons. The van der Waals surface area contributed by atoms with E-state index < -0.39 is 0 Å². The van der Waals surface area contributed by atoms with Crippen LogP contribution in [0.4, 0.5) is 0 Å². The first-order chi connectivity index (χ1) is 14.1. The van der Waals surface area contributed by atoms with Crippen molar-refractivity contribution in [1.29, 1.82) is 0 Å². The average Bonchev–Trinajstić information content (AvgIpc) is 3.05. The first kappa shape index (κ1) is 22.6. The van der Waals surface area contributed by atoms with Crippen LogP contribution >= 0.6 is 0 Å². The zero-order chi connectivity index (χ0) is 21.7. The van der Waals surface area contributed by atoms with Crippen LogP contribution in [0, 0.1) is 45.8 Å². The number of aliphatic hydroxyl groups is 2. The average molecular weight is 420 g/mol. The molecule has 4 saturated carbocycles. The molecule has 0 aromatic carbocycles. The van der Waals surface area contributed by atoms with Crippen molar-refractivity contribution in [2.24, 2.45) is 45.8 Å². The van der Waals surface area contributed by atoms with Gasteiger partial charge in [0, 0.05) is 6.42 Å². The van der Waals surface area contributed by atoms with E-state index in [1.54, 1.807) is 0 Å². The van der Waals surface area contributed by atoms with Crippen molar-refractivity contribution in [1.82, 2.24) is 5.32 Å². The van der Waals surface area contributed by atoms with Crippen molar-refractivity contribution < 1.29 is 15.0 Å². The lowest BCUT2D eigenvalue weighted by atomic mass is 9.39. The Hall–Kier alpha value is -0.610. The molecule has 1 amide bonds. The quantitative estimate of drug-likeness (QED) is 0.556. The van der Waals surface area contributed by atoms with Crippen molar-refractivity contribution in [3.05, 3.63) is 0 Å². The number of rotatable bonds is 5. The summed E-state index contributed by atoms with van der Waals surface area (Å²) in [5, 5.41) is 21.7. The summed E-state index contributed by atoms with van der Waals surface area (Å²) in [6.07, 6.45) is 12.6. The number of carbonyl (C=O) groups excluding carboxylic acids is 1. The first-order valence-corrected chi connectivity index (χ1v) is 12.7. The van der Waals surface area contributed by atoms with Crippen molar-refractivity contribution in [3.8, 4) is 0 Å². The Balaban J connectivity index is 1.51. The van der Waals surface area contributed by atoms with Crippen molar-refractivity contribution in [2.45, 2.75) is 104 Å². The Labute approximate surface area is 183 Å². The fourth-order valence-corrected chi connectivity index (χ4v) is 9.63. The normalized spacial score (nSPS) is 48.9. The zero-order valence-corrected chi connectivity index (χ0v) is 19.8. The number of fused-ring (bicyclic) bond motifs is 5. The van der Waals surface area contributed by atoms with E-state index in [1.807, 2.05) is 0 Å². The van der Waals surface area contributed by atoms with Crippen molar-refractivity contribution >= 4 is 5.91 Å². The number of amides is 1. The third-order valence-electron chi connectivity index (χ3n) is 11.1. The van der Waals surface area contributed by atoms with Gasteiger partial charge in [-0.2, -0.15) is 0 Å². The van der Waals surface area contributed by atoms with Gasteiger partial charge in [0.2, 0.25) is 5.91 Å². The molecule has 0 bridgehead atoms. The summed E-state index contributed by atoms with van der Waals surface area (Å²) in [6.45, 7) is 9.89. The van der Waals surface area contributed by atoms with E-state index in [0.717, 1.165) is 31.1 Å². The van der Waals surface area contributed by atoms with E-state index in [4.69, 9.17) is 5.11 Å². The molecule has 4 nitrogen and oxygen atoms in total. The smallest absolute Gasteiger partial charge is 0.221 e. The summed E-state index contributed by atoms with van der Waals surface area (Å²) in [7, 11) is 0. The summed E-state index contributed by atoms with van der Waals surface area (Å²) in [5.41, 5.74) is 1.25. The molecule has 4 aliphatic rings. The number of hydrogen-bond acceptors (Lipinski definition) is 3. The van der Waals surface area contributed by atoms with Crippen LogP contribution in [0.3, 0.4) is 0 Å². The van der Waals surface area contributed by atoms with Gasteiger partial charge >= 0.3 is 0 Å². The molecule has 4 aliphatic carbocycles. The van der Waals surface area contributed by atoms with Crippen molar-refractivity contribution in [2.75, 3.05) is 6.73 Å². The molecule has 4 rings (SSSR count). The van der Waals surface area contributed by atoms with E-state index in [1.165, 1.54) is 44.9 Å². The molecule has 0 aromatic heterocycles. The van der Waals surface area contributed by atoms with Crippen molar-refractivity contribution in [3.63, 3.8) is 0 Å². The second-order valence-corrected chi connectivity index (χ2v) is 12.3. The van der Waals surface area contributed by atoms with Gasteiger partial charge in [-0.25, -0.2) is 0 Å². The largest absolute Gasteiger partial charge is 0.393 e. The van der Waals surface area contributed by atoms with Gasteiger partial charge in [0.25, 0.3) is 0 Å². The van der Waals surface area contributed by atoms with Crippen LogP contribution in [-0.2, 0) is 4.79 Å². The first-order valence-electron chi connectivity index (χ1n) is 12.7. The summed E-state index contributed by atoms with van der Waals surface area (Å²) >= 11 is 0. The number of aliphatic hydroxyl groups excluding tert-OH is 2. The van der Waals surface area contributed by atoms with Crippen LogP contribution in [0.5, 0.6) is 0 Å². The molecular weight excluding hydrogens is 374 g/mol. The van der Waals surface area contributed by atoms with Gasteiger partial charge in [-0.05, 0) is 110 Å². The number of hydrogen-bond donors (Lipinski definition) is 3. The minimum Gasteiger partial charge on any atom is -0.393 e. The van der Waals surface area contributed by atoms with Gasteiger partial charge < -0.3 is 15.5 Å². The van der Waals surface area contributed by atoms with Crippen LogP contribution < -0.4 is 5.32 Å². The molecule has 172 valence electrons. The second kappa shape index (κ2) is 8.06. The highest BCUT2D eigenvalue weighted by atomic mass is 16.3. The van der Waals surface area contributed by atoms with E-state index in [2.05, 4.69) is 33.0 Å². The molecule has 4 heteroatoms. The molecule has 3 N–H and O–H groups in total. The third kappa shape index (κ3) is 3.45. The summed E-state index contributed by atoms with van der Waals surface area (Å²) in [5.74, 6) is 3.56. The lowest BCUT2D eigenvalue weighted by Gasteiger charge is -2.66. The minimum absolute atomic E-state index is 0.0227. The topological polar surface area (TPSA) is 69.6 Å². The Bertz CT molecular complexity index is 652. The van der Waals surface area contributed by atoms with Crippen LogP contribution in [0.2, 0.25) is 0 Å². The number of carbonyl (C=O) groups is 1. The van der Waals surface area contributed by atoms with Gasteiger partial charge in [-0.1, -0.05) is 27.7 Å². The standard InChI is InChI=1S/C26H45NO3/c1-17(5-8-23(30)27-16-28)20-6-7-21-25(20,3)14-11-22-24(2)13-10-19(29)15-18(24)9-12-26(21,22)4/h17-22,28-29H,5-16H2,1-4H3,(H,27,30)/t17-,18-,19-,20-,21-,22-,24+,25-,26+/m1/s1. The molecule has 0 aliphatic heterocycles. The van der Waals surface area contributed by atoms with E-state index in [9.17, 15) is 9.90 Å². The predicted molar refractivity (Wildman–Crippen MR) is 119 cm³/mol. The van der Waals surface area contributed by atoms with E-state index in [0.29, 0.717) is 40.4 Å². The lowest BCUT2D eigenvalue weighted by Crippen LogP contribution is -2.59. The molecule has 0 heterocycles. The van der Waals surface area contributed by atoms with E-state index >= 15 is 0 Å². The predicted octanol–water partition coefficient (Wildman–Crippen LogP) is 4.88. The van der Waals surface area contributed by atoms with Gasteiger partial charge in [-0.3, -0.25) is 4.79 Å². The zero-order valence-electron chi connectivity index (χ0n) is 19.8. The molecule has 30 heavy (non-hydrogen) atoms. The Kier molecular flexibility index (Phi) is 6.07. The molecule has 0 spiro atoms.